The summed E-state index contributed by atoms with van der Waals surface area (Å²) in [4.78, 5) is 2.24. The van der Waals surface area contributed by atoms with Crippen molar-refractivity contribution in [1.82, 2.24) is 34.9 Å². The molecule has 0 unspecified atom stereocenters. The first-order valence-electron chi connectivity index (χ1n) is 9.90. The monoisotopic (exact) mass is 451 g/mol. The van der Waals surface area contributed by atoms with Crippen molar-refractivity contribution in [2.45, 2.75) is 19.8 Å². The molecule has 0 spiro atoms. The summed E-state index contributed by atoms with van der Waals surface area (Å²) >= 11 is 12.4. The van der Waals surface area contributed by atoms with Gasteiger partial charge in [-0.05, 0) is 48.4 Å². The van der Waals surface area contributed by atoms with Crippen molar-refractivity contribution < 1.29 is 0 Å². The molecule has 0 N–H and O–H groups in total. The topological polar surface area (TPSA) is 64.7 Å². The van der Waals surface area contributed by atoms with Gasteiger partial charge in [0.15, 0.2) is 0 Å². The first kappa shape index (κ1) is 19.9. The predicted octanol–water partition coefficient (Wildman–Crippen LogP) is 4.64. The van der Waals surface area contributed by atoms with E-state index < -0.39 is 0 Å². The second-order valence-electron chi connectivity index (χ2n) is 7.32. The minimum Gasteiger partial charge on any atom is -0.264 e. The second kappa shape index (κ2) is 8.63. The van der Waals surface area contributed by atoms with Crippen LogP contribution in [0, 0.1) is 0 Å². The average Bonchev–Trinajstić information content (AvgIpc) is 3.37. The second-order valence-corrected chi connectivity index (χ2v) is 8.16. The Balaban J connectivity index is 1.42. The van der Waals surface area contributed by atoms with Gasteiger partial charge in [-0.2, -0.15) is 0 Å². The molecule has 3 aromatic carbocycles. The van der Waals surface area contributed by atoms with E-state index in [0.717, 1.165) is 40.6 Å². The highest BCUT2D eigenvalue weighted by molar-refractivity contribution is 6.35. The van der Waals surface area contributed by atoms with Crippen LogP contribution in [0.3, 0.4) is 0 Å². The third-order valence-electron chi connectivity index (χ3n) is 5.22. The highest BCUT2D eigenvalue weighted by Gasteiger charge is 2.14. The number of halogens is 2. The van der Waals surface area contributed by atoms with Crippen LogP contribution in [-0.2, 0) is 19.8 Å². The molecular formula is C22H19Cl2N7. The Labute approximate surface area is 188 Å². The number of benzene rings is 3. The molecule has 0 aliphatic heterocycles. The van der Waals surface area contributed by atoms with Crippen LogP contribution >= 0.6 is 23.2 Å². The summed E-state index contributed by atoms with van der Waals surface area (Å²) < 4.78 is 3.80. The van der Waals surface area contributed by atoms with E-state index in [0.29, 0.717) is 23.4 Å². The summed E-state index contributed by atoms with van der Waals surface area (Å²) in [5.41, 5.74) is 4.76. The maximum Gasteiger partial charge on any atom is 0.113 e. The van der Waals surface area contributed by atoms with E-state index in [2.05, 4.69) is 25.5 Å². The minimum atomic E-state index is 0.555. The Morgan fingerprint density at radius 1 is 0.742 bits per heavy atom. The zero-order valence-electron chi connectivity index (χ0n) is 16.6. The minimum absolute atomic E-state index is 0.555. The van der Waals surface area contributed by atoms with Gasteiger partial charge in [0.25, 0.3) is 0 Å². The Kier molecular flexibility index (Phi) is 5.55. The molecular weight excluding hydrogens is 433 g/mol. The number of para-hydroxylation sites is 2. The van der Waals surface area contributed by atoms with E-state index in [1.54, 1.807) is 6.07 Å². The van der Waals surface area contributed by atoms with Crippen molar-refractivity contribution in [2.24, 2.45) is 0 Å². The molecule has 0 fully saturated rings. The number of rotatable bonds is 7. The lowest BCUT2D eigenvalue weighted by molar-refractivity contribution is 0.158. The van der Waals surface area contributed by atoms with Crippen LogP contribution in [0.15, 0.2) is 66.7 Å². The third kappa shape index (κ3) is 4.25. The zero-order valence-corrected chi connectivity index (χ0v) is 18.1. The fourth-order valence-electron chi connectivity index (χ4n) is 3.61. The molecule has 0 atom stereocenters. The lowest BCUT2D eigenvalue weighted by Crippen LogP contribution is -2.32. The predicted molar refractivity (Wildman–Crippen MR) is 122 cm³/mol. The highest BCUT2D eigenvalue weighted by Crippen LogP contribution is 2.22. The molecule has 31 heavy (non-hydrogen) atoms. The molecule has 0 aliphatic rings. The summed E-state index contributed by atoms with van der Waals surface area (Å²) in [5, 5.41) is 18.6. The van der Waals surface area contributed by atoms with Crippen molar-refractivity contribution >= 4 is 45.3 Å². The van der Waals surface area contributed by atoms with Crippen LogP contribution < -0.4 is 0 Å². The van der Waals surface area contributed by atoms with Crippen molar-refractivity contribution in [1.29, 1.82) is 0 Å². The van der Waals surface area contributed by atoms with Crippen molar-refractivity contribution in [2.75, 3.05) is 6.54 Å². The van der Waals surface area contributed by atoms with Crippen molar-refractivity contribution in [3.05, 3.63) is 82.3 Å². The number of fused-ring (bicyclic) bond motifs is 2. The molecule has 0 saturated heterocycles. The third-order valence-corrected chi connectivity index (χ3v) is 5.81. The molecule has 5 rings (SSSR count). The summed E-state index contributed by atoms with van der Waals surface area (Å²) in [6, 6.07) is 21.5. The van der Waals surface area contributed by atoms with Crippen LogP contribution in [-0.4, -0.2) is 41.4 Å². The molecule has 5 aromatic rings. The van der Waals surface area contributed by atoms with Crippen LogP contribution in [0.4, 0.5) is 0 Å². The molecule has 0 aliphatic carbocycles. The lowest BCUT2D eigenvalue weighted by atomic mass is 10.1. The molecule has 9 heteroatoms. The summed E-state index contributed by atoms with van der Waals surface area (Å²) in [7, 11) is 0. The van der Waals surface area contributed by atoms with Crippen LogP contribution in [0.1, 0.15) is 5.56 Å². The van der Waals surface area contributed by atoms with Gasteiger partial charge in [0.2, 0.25) is 0 Å². The van der Waals surface area contributed by atoms with Gasteiger partial charge in [0.05, 0.1) is 24.4 Å². The van der Waals surface area contributed by atoms with E-state index in [9.17, 15) is 0 Å². The first-order chi connectivity index (χ1) is 15.2. The molecule has 2 aromatic heterocycles. The zero-order chi connectivity index (χ0) is 21.2. The Morgan fingerprint density at radius 2 is 1.32 bits per heavy atom. The summed E-state index contributed by atoms with van der Waals surface area (Å²) in [6.07, 6.45) is 0.759. The lowest BCUT2D eigenvalue weighted by Gasteiger charge is -2.22. The number of hydrogen-bond donors (Lipinski definition) is 0. The fraction of sp³-hybridized carbons (Fsp3) is 0.182. The highest BCUT2D eigenvalue weighted by atomic mass is 35.5. The Morgan fingerprint density at radius 3 is 1.90 bits per heavy atom. The largest absolute Gasteiger partial charge is 0.264 e. The molecule has 0 saturated carbocycles. The summed E-state index contributed by atoms with van der Waals surface area (Å²) in [5.74, 6) is 0. The Hall–Kier alpha value is -3.00. The maximum atomic E-state index is 6.40. The van der Waals surface area contributed by atoms with E-state index >= 15 is 0 Å². The molecule has 0 radical (unpaired) electrons. The van der Waals surface area contributed by atoms with Gasteiger partial charge in [-0.1, -0.05) is 64.0 Å². The van der Waals surface area contributed by atoms with E-state index in [4.69, 9.17) is 23.2 Å². The molecule has 0 amide bonds. The Bertz CT molecular complexity index is 1270. The van der Waals surface area contributed by atoms with Gasteiger partial charge in [-0.15, -0.1) is 10.2 Å². The number of nitrogens with zero attached hydrogens (tertiary/aromatic N) is 7. The van der Waals surface area contributed by atoms with Gasteiger partial charge in [0.1, 0.15) is 11.0 Å². The van der Waals surface area contributed by atoms with Gasteiger partial charge in [0, 0.05) is 16.6 Å². The quantitative estimate of drug-likeness (QED) is 0.360. The summed E-state index contributed by atoms with van der Waals surface area (Å²) in [6.45, 7) is 1.85. The maximum absolute atomic E-state index is 6.40. The smallest absolute Gasteiger partial charge is 0.113 e. The first-order valence-corrected chi connectivity index (χ1v) is 10.7. The van der Waals surface area contributed by atoms with Crippen LogP contribution in [0.5, 0.6) is 0 Å². The van der Waals surface area contributed by atoms with E-state index in [-0.39, 0.29) is 0 Å². The normalized spacial score (nSPS) is 11.7. The number of aromatic nitrogens is 6. The number of hydrogen-bond acceptors (Lipinski definition) is 5. The fourth-order valence-corrected chi connectivity index (χ4v) is 4.11. The van der Waals surface area contributed by atoms with Crippen molar-refractivity contribution in [3.63, 3.8) is 0 Å². The van der Waals surface area contributed by atoms with E-state index in [1.165, 1.54) is 0 Å². The van der Waals surface area contributed by atoms with Crippen LogP contribution in [0.2, 0.25) is 10.0 Å². The SMILES string of the molecule is Clc1ccc(CCN(Cn2nnc3ccccc32)Cn2nnc3ccccc32)c(Cl)c1. The van der Waals surface area contributed by atoms with Gasteiger partial charge in [-0.3, -0.25) is 4.90 Å². The van der Waals surface area contributed by atoms with Gasteiger partial charge >= 0.3 is 0 Å². The van der Waals surface area contributed by atoms with Crippen molar-refractivity contribution in [3.8, 4) is 0 Å². The molecule has 7 nitrogen and oxygen atoms in total. The molecule has 2 heterocycles. The molecule has 156 valence electrons. The standard InChI is InChI=1S/C22H19Cl2N7/c23-17-10-9-16(18(24)13-17)11-12-29(14-30-21-7-3-1-5-19(21)25-27-30)15-31-22-8-4-2-6-20(22)26-28-31/h1-10,13H,11-12,14-15H2. The molecule has 0 bridgehead atoms. The van der Waals surface area contributed by atoms with E-state index in [1.807, 2.05) is 70.0 Å². The van der Waals surface area contributed by atoms with Gasteiger partial charge < -0.3 is 0 Å². The van der Waals surface area contributed by atoms with Gasteiger partial charge in [-0.25, -0.2) is 9.36 Å². The average molecular weight is 452 g/mol. The van der Waals surface area contributed by atoms with Crippen LogP contribution in [0.25, 0.3) is 22.1 Å².